The third-order valence-electron chi connectivity index (χ3n) is 4.15. The van der Waals surface area contributed by atoms with Crippen molar-refractivity contribution in [1.29, 1.82) is 0 Å². The molecular formula is C21H20FN3O3S. The lowest BCUT2D eigenvalue weighted by atomic mass is 10.2. The summed E-state index contributed by atoms with van der Waals surface area (Å²) >= 11 is 1.14. The highest BCUT2D eigenvalue weighted by atomic mass is 32.2. The molecule has 6 nitrogen and oxygen atoms in total. The van der Waals surface area contributed by atoms with Crippen LogP contribution in [-0.2, 0) is 9.59 Å². The molecule has 2 aromatic rings. The van der Waals surface area contributed by atoms with Gasteiger partial charge in [0.2, 0.25) is 11.8 Å². The van der Waals surface area contributed by atoms with Crippen LogP contribution in [0, 0.1) is 5.82 Å². The number of aliphatic imine (C=N–C) groups is 1. The summed E-state index contributed by atoms with van der Waals surface area (Å²) in [5.74, 6) is -0.545. The normalized spacial score (nSPS) is 17.4. The largest absolute Gasteiger partial charge is 0.495 e. The molecule has 1 N–H and O–H groups in total. The van der Waals surface area contributed by atoms with E-state index >= 15 is 0 Å². The molecule has 29 heavy (non-hydrogen) atoms. The van der Waals surface area contributed by atoms with Gasteiger partial charge in [0.25, 0.3) is 0 Å². The van der Waals surface area contributed by atoms with Gasteiger partial charge in [-0.05, 0) is 24.3 Å². The minimum Gasteiger partial charge on any atom is -0.495 e. The second-order valence-corrected chi connectivity index (χ2v) is 7.31. The molecule has 0 saturated carbocycles. The fraction of sp³-hybridized carbons (Fsp3) is 0.190. The van der Waals surface area contributed by atoms with Gasteiger partial charge in [0.15, 0.2) is 5.17 Å². The minimum atomic E-state index is -0.657. The van der Waals surface area contributed by atoms with Crippen molar-refractivity contribution in [2.24, 2.45) is 4.99 Å². The van der Waals surface area contributed by atoms with E-state index in [2.05, 4.69) is 16.9 Å². The van der Waals surface area contributed by atoms with Crippen molar-refractivity contribution >= 4 is 40.1 Å². The van der Waals surface area contributed by atoms with Crippen molar-refractivity contribution in [3.63, 3.8) is 0 Å². The Morgan fingerprint density at radius 1 is 1.31 bits per heavy atom. The molecule has 8 heteroatoms. The smallest absolute Gasteiger partial charge is 0.242 e. The number of methoxy groups -OCH3 is 1. The van der Waals surface area contributed by atoms with Crippen molar-refractivity contribution < 1.29 is 18.7 Å². The first kappa shape index (κ1) is 20.6. The average Bonchev–Trinajstić information content (AvgIpc) is 2.99. The molecule has 0 aliphatic carbocycles. The maximum Gasteiger partial charge on any atom is 0.242 e. The molecule has 1 atom stereocenters. The molecule has 1 aliphatic heterocycles. The molecule has 0 aromatic heterocycles. The van der Waals surface area contributed by atoms with Gasteiger partial charge in [-0.15, -0.1) is 6.58 Å². The number of carbonyl (C=O) groups is 2. The van der Waals surface area contributed by atoms with Crippen LogP contribution in [0.25, 0.3) is 0 Å². The summed E-state index contributed by atoms with van der Waals surface area (Å²) in [5.41, 5.74) is 0.662. The summed E-state index contributed by atoms with van der Waals surface area (Å²) in [4.78, 5) is 31.0. The average molecular weight is 413 g/mol. The molecular weight excluding hydrogens is 393 g/mol. The van der Waals surface area contributed by atoms with Crippen LogP contribution in [0.15, 0.2) is 66.2 Å². The zero-order valence-electron chi connectivity index (χ0n) is 15.8. The van der Waals surface area contributed by atoms with E-state index in [1.807, 2.05) is 0 Å². The molecule has 1 fully saturated rings. The van der Waals surface area contributed by atoms with E-state index in [0.717, 1.165) is 11.8 Å². The third-order valence-corrected chi connectivity index (χ3v) is 5.33. The number of amides is 2. The summed E-state index contributed by atoms with van der Waals surface area (Å²) < 4.78 is 19.2. The van der Waals surface area contributed by atoms with Crippen molar-refractivity contribution in [3.8, 4) is 5.75 Å². The van der Waals surface area contributed by atoms with Crippen molar-refractivity contribution in [2.75, 3.05) is 19.0 Å². The van der Waals surface area contributed by atoms with Crippen molar-refractivity contribution in [2.45, 2.75) is 11.7 Å². The minimum absolute atomic E-state index is 0.0501. The van der Waals surface area contributed by atoms with E-state index in [0.29, 0.717) is 16.6 Å². The summed E-state index contributed by atoms with van der Waals surface area (Å²) in [6, 6.07) is 13.1. The molecule has 150 valence electrons. The SMILES string of the molecule is C=CCN1C(=O)[C@@H](CC(=O)Nc2ccccc2OC)SC1=Nc1ccccc1F. The van der Waals surface area contributed by atoms with Gasteiger partial charge < -0.3 is 10.1 Å². The zero-order chi connectivity index (χ0) is 20.8. The van der Waals surface area contributed by atoms with Crippen LogP contribution in [0.3, 0.4) is 0 Å². The lowest BCUT2D eigenvalue weighted by Gasteiger charge is -2.14. The number of ether oxygens (including phenoxy) is 1. The Bertz CT molecular complexity index is 964. The van der Waals surface area contributed by atoms with E-state index in [4.69, 9.17) is 4.74 Å². The number of thioether (sulfide) groups is 1. The molecule has 1 aliphatic rings. The Morgan fingerprint density at radius 3 is 2.76 bits per heavy atom. The van der Waals surface area contributed by atoms with Crippen molar-refractivity contribution in [1.82, 2.24) is 4.90 Å². The van der Waals surface area contributed by atoms with E-state index in [1.165, 1.54) is 24.1 Å². The molecule has 0 radical (unpaired) electrons. The maximum atomic E-state index is 14.0. The summed E-state index contributed by atoms with van der Waals surface area (Å²) in [7, 11) is 1.51. The number of rotatable bonds is 7. The predicted octanol–water partition coefficient (Wildman–Crippen LogP) is 3.98. The van der Waals surface area contributed by atoms with E-state index in [1.54, 1.807) is 42.5 Å². The van der Waals surface area contributed by atoms with Crippen LogP contribution >= 0.6 is 11.8 Å². The van der Waals surface area contributed by atoms with Gasteiger partial charge >= 0.3 is 0 Å². The lowest BCUT2D eigenvalue weighted by molar-refractivity contribution is -0.127. The number of nitrogens with one attached hydrogen (secondary N) is 1. The third kappa shape index (κ3) is 4.83. The first-order valence-corrected chi connectivity index (χ1v) is 9.76. The highest BCUT2D eigenvalue weighted by Crippen LogP contribution is 2.33. The Morgan fingerprint density at radius 2 is 2.03 bits per heavy atom. The quantitative estimate of drug-likeness (QED) is 0.697. The second-order valence-electron chi connectivity index (χ2n) is 6.14. The second kappa shape index (κ2) is 9.38. The number of hydrogen-bond acceptors (Lipinski definition) is 5. The van der Waals surface area contributed by atoms with Crippen molar-refractivity contribution in [3.05, 3.63) is 67.0 Å². The fourth-order valence-corrected chi connectivity index (χ4v) is 3.95. The number of amidine groups is 1. The number of hydrogen-bond donors (Lipinski definition) is 1. The predicted molar refractivity (Wildman–Crippen MR) is 113 cm³/mol. The highest BCUT2D eigenvalue weighted by Gasteiger charge is 2.38. The number of carbonyl (C=O) groups excluding carboxylic acids is 2. The summed E-state index contributed by atoms with van der Waals surface area (Å²) in [5, 5.41) is 2.45. The van der Waals surface area contributed by atoms with Gasteiger partial charge in [-0.1, -0.05) is 42.1 Å². The molecule has 0 spiro atoms. The molecule has 0 bridgehead atoms. The van der Waals surface area contributed by atoms with Crippen LogP contribution in [0.1, 0.15) is 6.42 Å². The molecule has 1 heterocycles. The summed E-state index contributed by atoms with van der Waals surface area (Å²) in [6.07, 6.45) is 1.51. The van der Waals surface area contributed by atoms with Gasteiger partial charge in [0.05, 0.1) is 12.8 Å². The fourth-order valence-electron chi connectivity index (χ4n) is 2.79. The van der Waals surface area contributed by atoms with Crippen LogP contribution < -0.4 is 10.1 Å². The van der Waals surface area contributed by atoms with Crippen LogP contribution in [0.4, 0.5) is 15.8 Å². The van der Waals surface area contributed by atoms with Crippen LogP contribution in [-0.4, -0.2) is 40.8 Å². The molecule has 0 unspecified atom stereocenters. The van der Waals surface area contributed by atoms with Gasteiger partial charge in [0, 0.05) is 13.0 Å². The van der Waals surface area contributed by atoms with E-state index < -0.39 is 11.1 Å². The zero-order valence-corrected chi connectivity index (χ0v) is 16.6. The molecule has 3 rings (SSSR count). The topological polar surface area (TPSA) is 71.0 Å². The Kier molecular flexibility index (Phi) is 6.66. The van der Waals surface area contributed by atoms with Crippen LogP contribution in [0.5, 0.6) is 5.75 Å². The maximum absolute atomic E-state index is 14.0. The van der Waals surface area contributed by atoms with E-state index in [-0.39, 0.29) is 30.5 Å². The van der Waals surface area contributed by atoms with Gasteiger partial charge in [-0.3, -0.25) is 14.5 Å². The molecule has 2 amide bonds. The van der Waals surface area contributed by atoms with Gasteiger partial charge in [-0.25, -0.2) is 9.38 Å². The van der Waals surface area contributed by atoms with E-state index in [9.17, 15) is 14.0 Å². The standard InChI is InChI=1S/C21H20FN3O3S/c1-3-12-25-20(27)18(29-21(25)24-15-9-5-4-8-14(15)22)13-19(26)23-16-10-6-7-11-17(16)28-2/h3-11,18H,1,12-13H2,2H3,(H,23,26)/t18-/m1/s1. The highest BCUT2D eigenvalue weighted by molar-refractivity contribution is 8.15. The number of nitrogens with zero attached hydrogens (tertiary/aromatic N) is 2. The monoisotopic (exact) mass is 413 g/mol. The first-order chi connectivity index (χ1) is 14.0. The van der Waals surface area contributed by atoms with Gasteiger partial charge in [0.1, 0.15) is 22.5 Å². The van der Waals surface area contributed by atoms with Crippen LogP contribution in [0.2, 0.25) is 0 Å². The Hall–Kier alpha value is -3.13. The number of anilines is 1. The lowest BCUT2D eigenvalue weighted by Crippen LogP contribution is -2.33. The Labute approximate surface area is 172 Å². The first-order valence-electron chi connectivity index (χ1n) is 8.88. The molecule has 1 saturated heterocycles. The molecule has 2 aromatic carbocycles. The number of halogens is 1. The number of para-hydroxylation sites is 3. The Balaban J connectivity index is 1.76. The van der Waals surface area contributed by atoms with Gasteiger partial charge in [-0.2, -0.15) is 0 Å². The summed E-state index contributed by atoms with van der Waals surface area (Å²) in [6.45, 7) is 3.88. The number of benzene rings is 2.